The molecule has 0 bridgehead atoms. The molecule has 0 saturated carbocycles. The average molecular weight is 513 g/mol. The molecule has 2 atom stereocenters. The largest absolute Gasteiger partial charge is 0.477 e. The van der Waals surface area contributed by atoms with E-state index >= 15 is 0 Å². The van der Waals surface area contributed by atoms with Gasteiger partial charge in [-0.1, -0.05) is 29.9 Å². The molecule has 2 aromatic rings. The lowest BCUT2D eigenvalue weighted by Gasteiger charge is -2.38. The van der Waals surface area contributed by atoms with Crippen LogP contribution in [0.25, 0.3) is 0 Å². The number of imidazole rings is 1. The number of ether oxygens (including phenoxy) is 1. The zero-order chi connectivity index (χ0) is 25.0. The molecular weight excluding hydrogens is 484 g/mol. The molecule has 3 rings (SSSR count). The molecule has 11 nitrogen and oxygen atoms in total. The third-order valence-corrected chi connectivity index (χ3v) is 6.69. The van der Waals surface area contributed by atoms with Crippen molar-refractivity contribution < 1.29 is 24.2 Å². The van der Waals surface area contributed by atoms with E-state index in [2.05, 4.69) is 25.6 Å². The number of carboxylic acids is 1. The molecular formula is C21H29ClN6O5S. The number of nitrogens with one attached hydrogen (secondary N) is 3. The third kappa shape index (κ3) is 5.86. The van der Waals surface area contributed by atoms with E-state index in [0.29, 0.717) is 43.4 Å². The quantitative estimate of drug-likeness (QED) is 0.400. The summed E-state index contributed by atoms with van der Waals surface area (Å²) < 4.78 is 5.89. The second-order valence-electron chi connectivity index (χ2n) is 8.12. The number of nitrogens with zero attached hydrogens (tertiary/aromatic N) is 3. The van der Waals surface area contributed by atoms with Crippen molar-refractivity contribution in [3.63, 3.8) is 0 Å². The van der Waals surface area contributed by atoms with Crippen LogP contribution < -0.4 is 15.5 Å². The van der Waals surface area contributed by atoms with E-state index in [9.17, 15) is 19.5 Å². The normalized spacial score (nSPS) is 18.2. The van der Waals surface area contributed by atoms with Gasteiger partial charge in [-0.3, -0.25) is 9.59 Å². The van der Waals surface area contributed by atoms with Gasteiger partial charge in [0.1, 0.15) is 4.88 Å². The maximum Gasteiger partial charge on any atom is 0.348 e. The fraction of sp³-hybridized carbons (Fsp3) is 0.571. The van der Waals surface area contributed by atoms with Gasteiger partial charge in [0, 0.05) is 25.7 Å². The highest BCUT2D eigenvalue weighted by Gasteiger charge is 2.34. The Morgan fingerprint density at radius 2 is 2.03 bits per heavy atom. The number of thiazole rings is 1. The molecule has 1 aliphatic rings. The number of anilines is 1. The van der Waals surface area contributed by atoms with Crippen molar-refractivity contribution in [3.05, 3.63) is 27.2 Å². The molecule has 13 heteroatoms. The molecule has 4 N–H and O–H groups in total. The number of hydrogen-bond acceptors (Lipinski definition) is 8. The number of carboxylic acid groups (broad SMARTS) is 1. The highest BCUT2D eigenvalue weighted by molar-refractivity contribution is 7.17. The number of aromatic amines is 1. The molecule has 1 saturated heterocycles. The molecule has 0 radical (unpaired) electrons. The number of carbonyl (C=O) groups excluding carboxylic acids is 2. The molecule has 3 heterocycles. The van der Waals surface area contributed by atoms with Gasteiger partial charge in [-0.2, -0.15) is 0 Å². The molecule has 0 aliphatic carbocycles. The number of piperidine rings is 1. The van der Waals surface area contributed by atoms with Gasteiger partial charge in [0.15, 0.2) is 21.8 Å². The van der Waals surface area contributed by atoms with Gasteiger partial charge in [-0.05, 0) is 33.6 Å². The van der Waals surface area contributed by atoms with Gasteiger partial charge in [0.25, 0.3) is 11.8 Å². The van der Waals surface area contributed by atoms with Crippen LogP contribution in [-0.4, -0.2) is 75.7 Å². The standard InChI is InChI=1S/C21H29ClN6O5S/c1-5-11-16(22)27-17(24-11)19(30)25-12-7-8-28(9-13(12)33-6-2)21-26-14(15(34-21)20(31)32)18(29)23-10(3)4/h10,12-13H,5-9H2,1-4H3,(H,23,29)(H,24,27)(H,25,30)(H,31,32)/t12-,13+/m0/s1. The zero-order valence-corrected chi connectivity index (χ0v) is 21.0. The summed E-state index contributed by atoms with van der Waals surface area (Å²) in [7, 11) is 0. The number of aryl methyl sites for hydroxylation is 1. The molecule has 2 amide bonds. The molecule has 1 fully saturated rings. The van der Waals surface area contributed by atoms with Gasteiger partial charge in [0.05, 0.1) is 17.8 Å². The fourth-order valence-electron chi connectivity index (χ4n) is 3.68. The van der Waals surface area contributed by atoms with Crippen LogP contribution in [0.5, 0.6) is 0 Å². The van der Waals surface area contributed by atoms with E-state index in [4.69, 9.17) is 16.3 Å². The number of halogens is 1. The van der Waals surface area contributed by atoms with Gasteiger partial charge in [0.2, 0.25) is 0 Å². The van der Waals surface area contributed by atoms with E-state index < -0.39 is 11.9 Å². The Hall–Kier alpha value is -2.70. The van der Waals surface area contributed by atoms with E-state index in [0.717, 1.165) is 11.3 Å². The minimum atomic E-state index is -1.20. The van der Waals surface area contributed by atoms with E-state index in [-0.39, 0.29) is 45.6 Å². The Balaban J connectivity index is 1.75. The molecule has 2 aromatic heterocycles. The van der Waals surface area contributed by atoms with E-state index in [1.54, 1.807) is 13.8 Å². The zero-order valence-electron chi connectivity index (χ0n) is 19.5. The topological polar surface area (TPSA) is 150 Å². The summed E-state index contributed by atoms with van der Waals surface area (Å²) in [4.78, 5) is 50.0. The third-order valence-electron chi connectivity index (χ3n) is 5.27. The summed E-state index contributed by atoms with van der Waals surface area (Å²) in [6.07, 6.45) is 0.785. The monoisotopic (exact) mass is 512 g/mol. The van der Waals surface area contributed by atoms with Crippen molar-refractivity contribution in [3.8, 4) is 0 Å². The maximum atomic E-state index is 12.7. The van der Waals surface area contributed by atoms with E-state index in [1.807, 2.05) is 18.7 Å². The van der Waals surface area contributed by atoms with Crippen molar-refractivity contribution in [1.29, 1.82) is 0 Å². The molecule has 34 heavy (non-hydrogen) atoms. The number of aromatic nitrogens is 3. The van der Waals surface area contributed by atoms with Gasteiger partial charge in [-0.15, -0.1) is 0 Å². The van der Waals surface area contributed by atoms with Crippen LogP contribution in [0.4, 0.5) is 5.13 Å². The summed E-state index contributed by atoms with van der Waals surface area (Å²) in [5, 5.41) is 15.9. The van der Waals surface area contributed by atoms with Crippen LogP contribution >= 0.6 is 22.9 Å². The molecule has 186 valence electrons. The summed E-state index contributed by atoms with van der Waals surface area (Å²) in [5.74, 6) is -1.96. The summed E-state index contributed by atoms with van der Waals surface area (Å²) >= 11 is 7.00. The number of amides is 2. The van der Waals surface area contributed by atoms with Gasteiger partial charge in [-0.25, -0.2) is 14.8 Å². The first-order chi connectivity index (χ1) is 16.1. The lowest BCUT2D eigenvalue weighted by molar-refractivity contribution is 0.0271. The first-order valence-corrected chi connectivity index (χ1v) is 12.3. The lowest BCUT2D eigenvalue weighted by atomic mass is 10.0. The Morgan fingerprint density at radius 1 is 1.29 bits per heavy atom. The Morgan fingerprint density at radius 3 is 2.62 bits per heavy atom. The van der Waals surface area contributed by atoms with Crippen LogP contribution in [0.2, 0.25) is 5.15 Å². The van der Waals surface area contributed by atoms with Gasteiger partial charge >= 0.3 is 5.97 Å². The van der Waals surface area contributed by atoms with Crippen LogP contribution in [0.1, 0.15) is 70.6 Å². The minimum absolute atomic E-state index is 0.106. The predicted octanol–water partition coefficient (Wildman–Crippen LogP) is 2.33. The first kappa shape index (κ1) is 25.9. The summed E-state index contributed by atoms with van der Waals surface area (Å²) in [6.45, 7) is 8.64. The fourth-order valence-corrected chi connectivity index (χ4v) is 4.88. The molecule has 0 unspecified atom stereocenters. The Labute approximate surface area is 206 Å². The SMILES string of the molecule is CCO[C@@H]1CN(c2nc(C(=O)NC(C)C)c(C(=O)O)s2)CC[C@@H]1NC(=O)c1nc(Cl)c(CC)[nH]1. The van der Waals surface area contributed by atoms with Crippen molar-refractivity contribution in [2.24, 2.45) is 0 Å². The van der Waals surface area contributed by atoms with Crippen molar-refractivity contribution in [2.45, 2.75) is 58.7 Å². The summed E-state index contributed by atoms with van der Waals surface area (Å²) in [5.41, 5.74) is 0.587. The van der Waals surface area contributed by atoms with Crippen molar-refractivity contribution >= 4 is 45.9 Å². The lowest BCUT2D eigenvalue weighted by Crippen LogP contribution is -2.55. The number of aromatic carboxylic acids is 1. The summed E-state index contributed by atoms with van der Waals surface area (Å²) in [6, 6.07) is -0.446. The highest BCUT2D eigenvalue weighted by atomic mass is 35.5. The second-order valence-corrected chi connectivity index (χ2v) is 9.46. The van der Waals surface area contributed by atoms with Gasteiger partial charge < -0.3 is 30.4 Å². The van der Waals surface area contributed by atoms with Crippen LogP contribution in [0.15, 0.2) is 0 Å². The molecule has 0 spiro atoms. The second kappa shape index (κ2) is 11.2. The van der Waals surface area contributed by atoms with Crippen LogP contribution in [-0.2, 0) is 11.2 Å². The minimum Gasteiger partial charge on any atom is -0.477 e. The van der Waals surface area contributed by atoms with Crippen LogP contribution in [0.3, 0.4) is 0 Å². The number of rotatable bonds is 9. The van der Waals surface area contributed by atoms with Crippen molar-refractivity contribution in [2.75, 3.05) is 24.6 Å². The molecule has 0 aromatic carbocycles. The maximum absolute atomic E-state index is 12.7. The predicted molar refractivity (Wildman–Crippen MR) is 128 cm³/mol. The van der Waals surface area contributed by atoms with E-state index in [1.165, 1.54) is 0 Å². The first-order valence-electron chi connectivity index (χ1n) is 11.1. The smallest absolute Gasteiger partial charge is 0.348 e. The number of H-pyrrole nitrogens is 1. The molecule has 1 aliphatic heterocycles. The van der Waals surface area contributed by atoms with Crippen LogP contribution in [0, 0.1) is 0 Å². The number of carbonyl (C=O) groups is 3. The Kier molecular flexibility index (Phi) is 8.50. The van der Waals surface area contributed by atoms with Crippen molar-refractivity contribution in [1.82, 2.24) is 25.6 Å². The number of hydrogen-bond donors (Lipinski definition) is 4. The Bertz CT molecular complexity index is 1050. The average Bonchev–Trinajstić information content (AvgIpc) is 3.39. The highest BCUT2D eigenvalue weighted by Crippen LogP contribution is 2.30.